The number of esters is 2. The van der Waals surface area contributed by atoms with Gasteiger partial charge in [-0.25, -0.2) is 4.79 Å². The Labute approximate surface area is 224 Å². The first-order valence-electron chi connectivity index (χ1n) is 14.4. The molecule has 0 aliphatic rings. The van der Waals surface area contributed by atoms with Crippen LogP contribution in [0.1, 0.15) is 122 Å². The third-order valence-electron chi connectivity index (χ3n) is 6.63. The molecule has 37 heavy (non-hydrogen) atoms. The maximum absolute atomic E-state index is 12.6. The van der Waals surface area contributed by atoms with Crippen molar-refractivity contribution in [3.63, 3.8) is 0 Å². The third kappa shape index (κ3) is 16.3. The SMILES string of the molecule is CCCCCCCCCCCCCCCCCC(=O)OC(C(=O)OCc1ccccc1)C(OC)C(C)=O. The fourth-order valence-corrected chi connectivity index (χ4v) is 4.39. The van der Waals surface area contributed by atoms with E-state index in [0.717, 1.165) is 18.4 Å². The lowest BCUT2D eigenvalue weighted by atomic mass is 10.0. The first-order chi connectivity index (χ1) is 18.0. The average Bonchev–Trinajstić information content (AvgIpc) is 2.89. The molecule has 210 valence electrons. The average molecular weight is 519 g/mol. The van der Waals surface area contributed by atoms with Gasteiger partial charge in [-0.2, -0.15) is 0 Å². The largest absolute Gasteiger partial charge is 0.458 e. The molecule has 1 aromatic carbocycles. The summed E-state index contributed by atoms with van der Waals surface area (Å²) in [5.41, 5.74) is 0.801. The number of ether oxygens (including phenoxy) is 3. The van der Waals surface area contributed by atoms with Crippen LogP contribution in [0.4, 0.5) is 0 Å². The quantitative estimate of drug-likeness (QED) is 0.110. The molecule has 0 N–H and O–H groups in total. The Hall–Kier alpha value is -2.21. The minimum absolute atomic E-state index is 0.0289. The summed E-state index contributed by atoms with van der Waals surface area (Å²) in [4.78, 5) is 37.0. The summed E-state index contributed by atoms with van der Waals surface area (Å²) in [5, 5.41) is 0. The van der Waals surface area contributed by atoms with Crippen molar-refractivity contribution in [2.24, 2.45) is 0 Å². The highest BCUT2D eigenvalue weighted by molar-refractivity contribution is 5.90. The van der Waals surface area contributed by atoms with E-state index in [9.17, 15) is 14.4 Å². The van der Waals surface area contributed by atoms with E-state index in [2.05, 4.69) is 6.92 Å². The van der Waals surface area contributed by atoms with Gasteiger partial charge >= 0.3 is 11.9 Å². The molecule has 0 fully saturated rings. The highest BCUT2D eigenvalue weighted by atomic mass is 16.6. The van der Waals surface area contributed by atoms with Crippen molar-refractivity contribution in [2.45, 2.75) is 135 Å². The van der Waals surface area contributed by atoms with Crippen molar-refractivity contribution in [3.8, 4) is 0 Å². The number of hydrogen-bond donors (Lipinski definition) is 0. The van der Waals surface area contributed by atoms with Crippen molar-refractivity contribution in [3.05, 3.63) is 35.9 Å². The van der Waals surface area contributed by atoms with Crippen molar-refractivity contribution in [1.82, 2.24) is 0 Å². The maximum Gasteiger partial charge on any atom is 0.351 e. The zero-order chi connectivity index (χ0) is 27.1. The van der Waals surface area contributed by atoms with Gasteiger partial charge < -0.3 is 14.2 Å². The Morgan fingerprint density at radius 3 is 1.65 bits per heavy atom. The van der Waals surface area contributed by atoms with Crippen LogP contribution in [0.3, 0.4) is 0 Å². The molecular formula is C31H50O6. The van der Waals surface area contributed by atoms with E-state index in [-0.39, 0.29) is 13.0 Å². The summed E-state index contributed by atoms with van der Waals surface area (Å²) < 4.78 is 15.8. The molecule has 0 spiro atoms. The van der Waals surface area contributed by atoms with Crippen molar-refractivity contribution < 1.29 is 28.6 Å². The van der Waals surface area contributed by atoms with Gasteiger partial charge in [0, 0.05) is 13.5 Å². The van der Waals surface area contributed by atoms with Gasteiger partial charge in [-0.3, -0.25) is 9.59 Å². The summed E-state index contributed by atoms with van der Waals surface area (Å²) >= 11 is 0. The lowest BCUT2D eigenvalue weighted by Crippen LogP contribution is -2.44. The van der Waals surface area contributed by atoms with E-state index in [1.54, 1.807) is 0 Å². The molecule has 0 aromatic heterocycles. The van der Waals surface area contributed by atoms with Crippen molar-refractivity contribution >= 4 is 17.7 Å². The molecule has 0 saturated heterocycles. The Balaban J connectivity index is 2.20. The molecule has 0 aliphatic carbocycles. The molecule has 2 unspecified atom stereocenters. The van der Waals surface area contributed by atoms with Gasteiger partial charge in [0.15, 0.2) is 11.9 Å². The summed E-state index contributed by atoms with van der Waals surface area (Å²) in [6, 6.07) is 9.19. The molecule has 2 atom stereocenters. The summed E-state index contributed by atoms with van der Waals surface area (Å²) in [5.74, 6) is -1.70. The molecule has 0 saturated carbocycles. The number of hydrogen-bond acceptors (Lipinski definition) is 6. The highest BCUT2D eigenvalue weighted by Gasteiger charge is 2.36. The van der Waals surface area contributed by atoms with Crippen LogP contribution in [-0.4, -0.2) is 37.0 Å². The fourth-order valence-electron chi connectivity index (χ4n) is 4.39. The van der Waals surface area contributed by atoms with E-state index in [4.69, 9.17) is 14.2 Å². The van der Waals surface area contributed by atoms with Crippen LogP contribution in [0.15, 0.2) is 30.3 Å². The molecular weight excluding hydrogens is 468 g/mol. The molecule has 6 nitrogen and oxygen atoms in total. The lowest BCUT2D eigenvalue weighted by Gasteiger charge is -2.22. The molecule has 0 bridgehead atoms. The molecule has 0 amide bonds. The number of unbranched alkanes of at least 4 members (excludes halogenated alkanes) is 14. The zero-order valence-corrected chi connectivity index (χ0v) is 23.5. The number of methoxy groups -OCH3 is 1. The van der Waals surface area contributed by atoms with Crippen LogP contribution in [0.2, 0.25) is 0 Å². The number of rotatable bonds is 23. The minimum atomic E-state index is -1.41. The second kappa shape index (κ2) is 21.8. The van der Waals surface area contributed by atoms with Crippen LogP contribution >= 0.6 is 0 Å². The summed E-state index contributed by atoms with van der Waals surface area (Å²) in [7, 11) is 1.31. The minimum Gasteiger partial charge on any atom is -0.458 e. The number of carbonyl (C=O) groups excluding carboxylic acids is 3. The van der Waals surface area contributed by atoms with Gasteiger partial charge in [0.05, 0.1) is 0 Å². The van der Waals surface area contributed by atoms with Crippen molar-refractivity contribution in [1.29, 1.82) is 0 Å². The van der Waals surface area contributed by atoms with E-state index in [0.29, 0.717) is 6.42 Å². The third-order valence-corrected chi connectivity index (χ3v) is 6.63. The monoisotopic (exact) mass is 518 g/mol. The Kier molecular flexibility index (Phi) is 19.4. The van der Waals surface area contributed by atoms with Crippen LogP contribution < -0.4 is 0 Å². The van der Waals surface area contributed by atoms with Crippen molar-refractivity contribution in [2.75, 3.05) is 7.11 Å². The Bertz CT molecular complexity index is 732. The summed E-state index contributed by atoms with van der Waals surface area (Å²) in [6.45, 7) is 3.59. The van der Waals surface area contributed by atoms with Gasteiger partial charge in [0.25, 0.3) is 0 Å². The first kappa shape index (κ1) is 32.8. The number of benzene rings is 1. The van der Waals surface area contributed by atoms with Crippen LogP contribution in [0.25, 0.3) is 0 Å². The van der Waals surface area contributed by atoms with Gasteiger partial charge in [0.1, 0.15) is 6.61 Å². The molecule has 0 heterocycles. The molecule has 0 aliphatic heterocycles. The van der Waals surface area contributed by atoms with E-state index < -0.39 is 29.9 Å². The predicted octanol–water partition coefficient (Wildman–Crippen LogP) is 7.51. The smallest absolute Gasteiger partial charge is 0.351 e. The molecule has 1 rings (SSSR count). The number of Topliss-reactive ketones (excluding diaryl/α,β-unsaturated/α-hetero) is 1. The van der Waals surface area contributed by atoms with Gasteiger partial charge in [-0.15, -0.1) is 0 Å². The van der Waals surface area contributed by atoms with E-state index >= 15 is 0 Å². The van der Waals surface area contributed by atoms with Crippen LogP contribution in [0.5, 0.6) is 0 Å². The lowest BCUT2D eigenvalue weighted by molar-refractivity contribution is -0.179. The normalized spacial score (nSPS) is 12.6. The van der Waals surface area contributed by atoms with Crippen LogP contribution in [-0.2, 0) is 35.2 Å². The topological polar surface area (TPSA) is 78.9 Å². The van der Waals surface area contributed by atoms with E-state index in [1.165, 1.54) is 91.1 Å². The summed E-state index contributed by atoms with van der Waals surface area (Å²) in [6.07, 6.45) is 16.3. The second-order valence-corrected chi connectivity index (χ2v) is 9.97. The zero-order valence-electron chi connectivity index (χ0n) is 23.5. The first-order valence-corrected chi connectivity index (χ1v) is 14.4. The fraction of sp³-hybridized carbons (Fsp3) is 0.710. The standard InChI is InChI=1S/C31H50O6/c1-4-5-6-7-8-9-10-11-12-13-14-15-16-17-21-24-28(33)37-30(29(35-3)26(2)32)31(34)36-25-27-22-19-18-20-23-27/h18-20,22-23,29-30H,4-17,21,24-25H2,1-3H3. The van der Waals surface area contributed by atoms with Gasteiger partial charge in [0.2, 0.25) is 6.10 Å². The highest BCUT2D eigenvalue weighted by Crippen LogP contribution is 2.15. The Morgan fingerprint density at radius 1 is 0.703 bits per heavy atom. The molecule has 0 radical (unpaired) electrons. The predicted molar refractivity (Wildman–Crippen MR) is 147 cm³/mol. The Morgan fingerprint density at radius 2 is 1.19 bits per heavy atom. The maximum atomic E-state index is 12.6. The van der Waals surface area contributed by atoms with Gasteiger partial charge in [-0.05, 0) is 18.9 Å². The van der Waals surface area contributed by atoms with Crippen LogP contribution in [0, 0.1) is 0 Å². The van der Waals surface area contributed by atoms with Gasteiger partial charge in [-0.1, -0.05) is 127 Å². The molecule has 6 heteroatoms. The number of carbonyl (C=O) groups is 3. The number of ketones is 1. The van der Waals surface area contributed by atoms with E-state index in [1.807, 2.05) is 30.3 Å². The second-order valence-electron chi connectivity index (χ2n) is 9.97. The molecule has 1 aromatic rings.